The Morgan fingerprint density at radius 3 is 2.61 bits per heavy atom. The van der Waals surface area contributed by atoms with E-state index < -0.39 is 0 Å². The van der Waals surface area contributed by atoms with Gasteiger partial charge < -0.3 is 5.32 Å². The summed E-state index contributed by atoms with van der Waals surface area (Å²) < 4.78 is 0. The molecule has 100 valence electrons. The number of hydrogen-bond acceptors (Lipinski definition) is 3. The molecule has 2 nitrogen and oxygen atoms in total. The zero-order valence-corrected chi connectivity index (χ0v) is 12.1. The molecule has 0 aliphatic carbocycles. The Bertz CT molecular complexity index is 323. The van der Waals surface area contributed by atoms with E-state index in [4.69, 9.17) is 0 Å². The summed E-state index contributed by atoms with van der Waals surface area (Å²) in [6, 6.07) is 11.5. The number of hydrogen-bond donors (Lipinski definition) is 1. The third-order valence-electron chi connectivity index (χ3n) is 3.62. The normalized spacial score (nSPS) is 17.2. The second kappa shape index (κ2) is 7.82. The third-order valence-corrected chi connectivity index (χ3v) is 4.61. The predicted octanol–water partition coefficient (Wildman–Crippen LogP) is 2.85. The minimum Gasteiger partial charge on any atom is -0.317 e. The molecule has 0 amide bonds. The molecule has 1 aromatic carbocycles. The molecule has 1 aromatic rings. The molecular weight excluding hydrogens is 240 g/mol. The van der Waals surface area contributed by atoms with Gasteiger partial charge >= 0.3 is 0 Å². The largest absolute Gasteiger partial charge is 0.317 e. The molecule has 1 aliphatic rings. The van der Waals surface area contributed by atoms with Gasteiger partial charge in [0.2, 0.25) is 0 Å². The maximum Gasteiger partial charge on any atom is 0.0120 e. The zero-order chi connectivity index (χ0) is 12.6. The van der Waals surface area contributed by atoms with Crippen molar-refractivity contribution in [1.29, 1.82) is 0 Å². The van der Waals surface area contributed by atoms with Crippen molar-refractivity contribution in [3.63, 3.8) is 0 Å². The Labute approximate surface area is 115 Å². The summed E-state index contributed by atoms with van der Waals surface area (Å²) in [4.78, 5) is 4.04. The van der Waals surface area contributed by atoms with Crippen LogP contribution in [0.25, 0.3) is 0 Å². The molecule has 0 unspecified atom stereocenters. The second-order valence-corrected chi connectivity index (χ2v) is 5.94. The number of nitrogens with one attached hydrogen (secondary N) is 1. The van der Waals surface area contributed by atoms with Crippen LogP contribution in [0.5, 0.6) is 0 Å². The van der Waals surface area contributed by atoms with E-state index in [2.05, 4.69) is 47.5 Å². The van der Waals surface area contributed by atoms with Crippen LogP contribution in [-0.4, -0.2) is 42.9 Å². The van der Waals surface area contributed by atoms with Gasteiger partial charge in [-0.1, -0.05) is 25.1 Å². The van der Waals surface area contributed by atoms with Crippen molar-refractivity contribution >= 4 is 11.8 Å². The highest BCUT2D eigenvalue weighted by Crippen LogP contribution is 2.18. The van der Waals surface area contributed by atoms with Crippen molar-refractivity contribution in [3.8, 4) is 0 Å². The molecule has 18 heavy (non-hydrogen) atoms. The van der Waals surface area contributed by atoms with Crippen molar-refractivity contribution in [3.05, 3.63) is 30.3 Å². The second-order valence-electron chi connectivity index (χ2n) is 4.77. The monoisotopic (exact) mass is 264 g/mol. The van der Waals surface area contributed by atoms with Crippen LogP contribution in [0.15, 0.2) is 35.2 Å². The summed E-state index contributed by atoms with van der Waals surface area (Å²) in [6.07, 6.45) is 2.62. The van der Waals surface area contributed by atoms with Gasteiger partial charge in [-0.15, -0.1) is 11.8 Å². The first kappa shape index (κ1) is 13.9. The third kappa shape index (κ3) is 4.30. The van der Waals surface area contributed by atoms with Gasteiger partial charge in [0, 0.05) is 23.2 Å². The van der Waals surface area contributed by atoms with Gasteiger partial charge in [-0.25, -0.2) is 0 Å². The Hall–Kier alpha value is -0.510. The van der Waals surface area contributed by atoms with E-state index in [0.717, 1.165) is 6.04 Å². The highest BCUT2D eigenvalue weighted by Gasteiger charge is 2.18. The van der Waals surface area contributed by atoms with E-state index >= 15 is 0 Å². The van der Waals surface area contributed by atoms with Gasteiger partial charge in [0.15, 0.2) is 0 Å². The molecule has 0 radical (unpaired) electrons. The zero-order valence-electron chi connectivity index (χ0n) is 11.3. The predicted molar refractivity (Wildman–Crippen MR) is 80.3 cm³/mol. The van der Waals surface area contributed by atoms with Crippen LogP contribution in [0, 0.1) is 0 Å². The van der Waals surface area contributed by atoms with Gasteiger partial charge in [-0.05, 0) is 44.6 Å². The summed E-state index contributed by atoms with van der Waals surface area (Å²) in [5, 5.41) is 3.44. The van der Waals surface area contributed by atoms with Gasteiger partial charge in [0.1, 0.15) is 0 Å². The fourth-order valence-electron chi connectivity index (χ4n) is 2.57. The summed E-state index contributed by atoms with van der Waals surface area (Å²) in [5.41, 5.74) is 0. The van der Waals surface area contributed by atoms with Crippen LogP contribution in [0.1, 0.15) is 19.8 Å². The summed E-state index contributed by atoms with van der Waals surface area (Å²) in [6.45, 7) is 7.05. The summed E-state index contributed by atoms with van der Waals surface area (Å²) in [7, 11) is 0. The van der Waals surface area contributed by atoms with Crippen LogP contribution in [0.3, 0.4) is 0 Å². The first-order chi connectivity index (χ1) is 8.90. The standard InChI is InChI=1S/C15H24N2S/c1-2-17(14-8-10-16-11-9-14)12-13-18-15-6-4-3-5-7-15/h3-7,14,16H,2,8-13H2,1H3. The van der Waals surface area contributed by atoms with Crippen LogP contribution in [0.4, 0.5) is 0 Å². The Balaban J connectivity index is 1.73. The Morgan fingerprint density at radius 1 is 1.22 bits per heavy atom. The number of benzene rings is 1. The molecule has 1 fully saturated rings. The molecule has 0 atom stereocenters. The number of thioether (sulfide) groups is 1. The van der Waals surface area contributed by atoms with Crippen molar-refractivity contribution in [2.75, 3.05) is 31.9 Å². The van der Waals surface area contributed by atoms with E-state index in [-0.39, 0.29) is 0 Å². The lowest BCUT2D eigenvalue weighted by molar-refractivity contribution is 0.180. The van der Waals surface area contributed by atoms with Crippen molar-refractivity contribution in [1.82, 2.24) is 10.2 Å². The maximum atomic E-state index is 3.44. The quantitative estimate of drug-likeness (QED) is 0.795. The molecular formula is C15H24N2S. The smallest absolute Gasteiger partial charge is 0.0120 e. The van der Waals surface area contributed by atoms with E-state index in [1.54, 1.807) is 0 Å². The van der Waals surface area contributed by atoms with Crippen LogP contribution in [-0.2, 0) is 0 Å². The highest BCUT2D eigenvalue weighted by atomic mass is 32.2. The van der Waals surface area contributed by atoms with E-state index in [1.165, 1.54) is 49.7 Å². The molecule has 1 heterocycles. The highest BCUT2D eigenvalue weighted by molar-refractivity contribution is 7.99. The van der Waals surface area contributed by atoms with Gasteiger partial charge in [0.05, 0.1) is 0 Å². The summed E-state index contributed by atoms with van der Waals surface area (Å²) >= 11 is 1.97. The van der Waals surface area contributed by atoms with Gasteiger partial charge in [0.25, 0.3) is 0 Å². The molecule has 1 saturated heterocycles. The maximum absolute atomic E-state index is 3.44. The van der Waals surface area contributed by atoms with Crippen LogP contribution >= 0.6 is 11.8 Å². The lowest BCUT2D eigenvalue weighted by Gasteiger charge is -2.33. The lowest BCUT2D eigenvalue weighted by Crippen LogP contribution is -2.43. The van der Waals surface area contributed by atoms with Crippen LogP contribution < -0.4 is 5.32 Å². The lowest BCUT2D eigenvalue weighted by atomic mass is 10.1. The average Bonchev–Trinajstić information content (AvgIpc) is 2.46. The number of rotatable bonds is 6. The topological polar surface area (TPSA) is 15.3 Å². The Morgan fingerprint density at radius 2 is 1.94 bits per heavy atom. The first-order valence-electron chi connectivity index (χ1n) is 7.02. The molecule has 0 saturated carbocycles. The van der Waals surface area contributed by atoms with Gasteiger partial charge in [-0.2, -0.15) is 0 Å². The number of piperidine rings is 1. The molecule has 2 rings (SSSR count). The minimum absolute atomic E-state index is 0.799. The van der Waals surface area contributed by atoms with Crippen molar-refractivity contribution in [2.45, 2.75) is 30.7 Å². The van der Waals surface area contributed by atoms with Crippen LogP contribution in [0.2, 0.25) is 0 Å². The fraction of sp³-hybridized carbons (Fsp3) is 0.600. The molecule has 3 heteroatoms. The molecule has 0 bridgehead atoms. The van der Waals surface area contributed by atoms with Crippen molar-refractivity contribution < 1.29 is 0 Å². The molecule has 0 spiro atoms. The number of nitrogens with zero attached hydrogens (tertiary/aromatic N) is 1. The molecule has 0 aromatic heterocycles. The average molecular weight is 264 g/mol. The van der Waals surface area contributed by atoms with Gasteiger partial charge in [-0.3, -0.25) is 4.90 Å². The molecule has 1 N–H and O–H groups in total. The van der Waals surface area contributed by atoms with E-state index in [9.17, 15) is 0 Å². The minimum atomic E-state index is 0.799. The Kier molecular flexibility index (Phi) is 6.05. The van der Waals surface area contributed by atoms with E-state index in [1.807, 2.05) is 11.8 Å². The fourth-order valence-corrected chi connectivity index (χ4v) is 3.48. The van der Waals surface area contributed by atoms with Crippen molar-refractivity contribution in [2.24, 2.45) is 0 Å². The van der Waals surface area contributed by atoms with E-state index in [0.29, 0.717) is 0 Å². The SMILES string of the molecule is CCN(CCSc1ccccc1)C1CCNCC1. The first-order valence-corrected chi connectivity index (χ1v) is 8.01. The summed E-state index contributed by atoms with van der Waals surface area (Å²) in [5.74, 6) is 1.20. The molecule has 1 aliphatic heterocycles.